The van der Waals surface area contributed by atoms with Crippen LogP contribution in [0.15, 0.2) is 28.0 Å². The van der Waals surface area contributed by atoms with Crippen LogP contribution in [0.25, 0.3) is 0 Å². The summed E-state index contributed by atoms with van der Waals surface area (Å²) in [6, 6.07) is 5.59. The van der Waals surface area contributed by atoms with E-state index in [-0.39, 0.29) is 29.9 Å². The van der Waals surface area contributed by atoms with E-state index in [9.17, 15) is 4.79 Å². The van der Waals surface area contributed by atoms with Gasteiger partial charge in [-0.15, -0.1) is 0 Å². The molecule has 0 saturated heterocycles. The molecule has 1 amide bonds. The van der Waals surface area contributed by atoms with E-state index in [1.54, 1.807) is 6.07 Å². The van der Waals surface area contributed by atoms with Crippen molar-refractivity contribution in [3.8, 4) is 0 Å². The number of aromatic nitrogens is 2. The monoisotopic (exact) mass is 304 g/mol. The van der Waals surface area contributed by atoms with E-state index in [4.69, 9.17) is 16.3 Å². The first kappa shape index (κ1) is 15.3. The number of benzene rings is 1. The van der Waals surface area contributed by atoms with Gasteiger partial charge in [0.1, 0.15) is 0 Å². The van der Waals surface area contributed by atoms with Crippen LogP contribution in [0.4, 0.5) is 11.5 Å². The first-order valence-corrected chi connectivity index (χ1v) is 6.38. The summed E-state index contributed by atoms with van der Waals surface area (Å²) >= 11 is 0. The largest absolute Gasteiger partial charge is 0.384 e. The van der Waals surface area contributed by atoms with Crippen LogP contribution in [0, 0.1) is 13.8 Å². The number of oxime groups is 1. The number of nitrogens with zero attached hydrogens (tertiary/aromatic N) is 3. The number of hydrogen-bond donors (Lipinski definition) is 3. The highest BCUT2D eigenvalue weighted by atomic mass is 16.6. The summed E-state index contributed by atoms with van der Waals surface area (Å²) in [4.78, 5) is 16.6. The molecular weight excluding hydrogens is 288 g/mol. The van der Waals surface area contributed by atoms with Crippen molar-refractivity contribution in [1.82, 2.24) is 10.3 Å². The molecule has 9 heteroatoms. The molecule has 0 radical (unpaired) electrons. The highest BCUT2D eigenvalue weighted by Crippen LogP contribution is 2.13. The number of amidine groups is 1. The van der Waals surface area contributed by atoms with Gasteiger partial charge in [0.05, 0.1) is 0 Å². The molecule has 0 saturated carbocycles. The zero-order valence-corrected chi connectivity index (χ0v) is 12.2. The fraction of sp³-hybridized carbons (Fsp3) is 0.231. The molecule has 5 N–H and O–H groups in total. The number of nitrogen functional groups attached to an aromatic ring is 1. The third-order valence-corrected chi connectivity index (χ3v) is 2.91. The topological polar surface area (TPSA) is 142 Å². The van der Waals surface area contributed by atoms with Crippen LogP contribution in [0.3, 0.4) is 0 Å². The molecule has 0 bridgehead atoms. The van der Waals surface area contributed by atoms with Crippen LogP contribution in [0.1, 0.15) is 16.8 Å². The van der Waals surface area contributed by atoms with E-state index in [0.717, 1.165) is 11.1 Å². The SMILES string of the molecule is Cc1ccc(NC(=O)CO/N=C(/N)c2nonc2N)cc1C. The molecular formula is C13H16N6O3. The average molecular weight is 304 g/mol. The highest BCUT2D eigenvalue weighted by Gasteiger charge is 2.11. The molecule has 1 aromatic heterocycles. The van der Waals surface area contributed by atoms with Crippen LogP contribution in [-0.2, 0) is 9.63 Å². The van der Waals surface area contributed by atoms with Crippen molar-refractivity contribution in [2.45, 2.75) is 13.8 Å². The summed E-state index contributed by atoms with van der Waals surface area (Å²) in [6.45, 7) is 3.65. The number of aryl methyl sites for hydroxylation is 2. The average Bonchev–Trinajstić information content (AvgIpc) is 2.89. The van der Waals surface area contributed by atoms with E-state index in [2.05, 4.69) is 25.4 Å². The number of carbonyl (C=O) groups is 1. The summed E-state index contributed by atoms with van der Waals surface area (Å²) in [5.41, 5.74) is 14.0. The van der Waals surface area contributed by atoms with Gasteiger partial charge in [-0.1, -0.05) is 11.2 Å². The Labute approximate surface area is 126 Å². The molecule has 0 spiro atoms. The predicted molar refractivity (Wildman–Crippen MR) is 79.9 cm³/mol. The van der Waals surface area contributed by atoms with E-state index in [1.807, 2.05) is 26.0 Å². The zero-order valence-electron chi connectivity index (χ0n) is 12.2. The lowest BCUT2D eigenvalue weighted by Crippen LogP contribution is -2.20. The van der Waals surface area contributed by atoms with Crippen molar-refractivity contribution in [2.75, 3.05) is 17.7 Å². The Morgan fingerprint density at radius 2 is 2.14 bits per heavy atom. The van der Waals surface area contributed by atoms with Crippen LogP contribution in [0.5, 0.6) is 0 Å². The Bertz CT molecular complexity index is 710. The van der Waals surface area contributed by atoms with Crippen LogP contribution in [-0.4, -0.2) is 28.7 Å². The third-order valence-electron chi connectivity index (χ3n) is 2.91. The minimum Gasteiger partial charge on any atom is -0.384 e. The van der Waals surface area contributed by atoms with Gasteiger partial charge in [-0.2, -0.15) is 0 Å². The number of amides is 1. The molecule has 0 fully saturated rings. The van der Waals surface area contributed by atoms with Crippen molar-refractivity contribution in [3.05, 3.63) is 35.0 Å². The Morgan fingerprint density at radius 1 is 1.36 bits per heavy atom. The lowest BCUT2D eigenvalue weighted by molar-refractivity contribution is -0.120. The summed E-state index contributed by atoms with van der Waals surface area (Å²) in [5, 5.41) is 13.0. The van der Waals surface area contributed by atoms with Gasteiger partial charge in [0, 0.05) is 5.69 Å². The Kier molecular flexibility index (Phi) is 4.57. The first-order chi connectivity index (χ1) is 10.5. The van der Waals surface area contributed by atoms with Gasteiger partial charge in [-0.3, -0.25) is 4.79 Å². The first-order valence-electron chi connectivity index (χ1n) is 6.38. The molecule has 22 heavy (non-hydrogen) atoms. The van der Waals surface area contributed by atoms with Gasteiger partial charge in [-0.25, -0.2) is 4.63 Å². The summed E-state index contributed by atoms with van der Waals surface area (Å²) in [7, 11) is 0. The maximum absolute atomic E-state index is 11.7. The molecule has 0 atom stereocenters. The number of nitrogens with two attached hydrogens (primary N) is 2. The minimum absolute atomic E-state index is 0.00979. The molecule has 0 unspecified atom stereocenters. The molecule has 0 aliphatic rings. The Morgan fingerprint density at radius 3 is 2.77 bits per heavy atom. The third kappa shape index (κ3) is 3.72. The van der Waals surface area contributed by atoms with Crippen molar-refractivity contribution < 1.29 is 14.3 Å². The molecule has 9 nitrogen and oxygen atoms in total. The number of nitrogens with one attached hydrogen (secondary N) is 1. The zero-order chi connectivity index (χ0) is 16.1. The lowest BCUT2D eigenvalue weighted by Gasteiger charge is -2.07. The molecule has 0 aliphatic carbocycles. The van der Waals surface area contributed by atoms with E-state index >= 15 is 0 Å². The van der Waals surface area contributed by atoms with Gasteiger partial charge in [-0.05, 0) is 47.4 Å². The van der Waals surface area contributed by atoms with Gasteiger partial charge in [0.15, 0.2) is 24.0 Å². The number of carbonyl (C=O) groups excluding carboxylic acids is 1. The number of hydrogen-bond acceptors (Lipinski definition) is 7. The fourth-order valence-electron chi connectivity index (χ4n) is 1.59. The molecule has 2 rings (SSSR count). The fourth-order valence-corrected chi connectivity index (χ4v) is 1.59. The molecule has 1 aromatic carbocycles. The van der Waals surface area contributed by atoms with Gasteiger partial charge in [0.25, 0.3) is 5.91 Å². The molecule has 2 aromatic rings. The summed E-state index contributed by atoms with van der Waals surface area (Å²) < 4.78 is 4.37. The maximum atomic E-state index is 11.7. The van der Waals surface area contributed by atoms with Crippen molar-refractivity contribution in [3.63, 3.8) is 0 Å². The van der Waals surface area contributed by atoms with Crippen LogP contribution in [0.2, 0.25) is 0 Å². The van der Waals surface area contributed by atoms with Crippen LogP contribution < -0.4 is 16.8 Å². The Balaban J connectivity index is 1.88. The van der Waals surface area contributed by atoms with Crippen molar-refractivity contribution in [1.29, 1.82) is 0 Å². The minimum atomic E-state index is -0.369. The quantitative estimate of drug-likeness (QED) is 0.416. The second kappa shape index (κ2) is 6.57. The molecule has 1 heterocycles. The lowest BCUT2D eigenvalue weighted by atomic mass is 10.1. The number of rotatable bonds is 5. The predicted octanol–water partition coefficient (Wildman–Crippen LogP) is 0.544. The smallest absolute Gasteiger partial charge is 0.265 e. The van der Waals surface area contributed by atoms with Gasteiger partial charge >= 0.3 is 0 Å². The van der Waals surface area contributed by atoms with Crippen molar-refractivity contribution >= 4 is 23.2 Å². The molecule has 116 valence electrons. The van der Waals surface area contributed by atoms with Gasteiger partial charge in [0.2, 0.25) is 0 Å². The van der Waals surface area contributed by atoms with E-state index < -0.39 is 0 Å². The second-order valence-electron chi connectivity index (χ2n) is 4.60. The summed E-state index contributed by atoms with van der Waals surface area (Å²) in [6.07, 6.45) is 0. The van der Waals surface area contributed by atoms with E-state index in [0.29, 0.717) is 5.69 Å². The second-order valence-corrected chi connectivity index (χ2v) is 4.60. The molecule has 0 aliphatic heterocycles. The highest BCUT2D eigenvalue weighted by molar-refractivity contribution is 5.98. The van der Waals surface area contributed by atoms with E-state index in [1.165, 1.54) is 0 Å². The standard InChI is InChI=1S/C13H16N6O3/c1-7-3-4-9(5-8(7)2)16-10(20)6-21-18-12(14)11-13(15)19-22-17-11/h3-5H,6H2,1-2H3,(H2,14,18)(H2,15,19)(H,16,20). The maximum Gasteiger partial charge on any atom is 0.265 e. The number of anilines is 2. The Hall–Kier alpha value is -3.10. The summed E-state index contributed by atoms with van der Waals surface area (Å²) in [5.74, 6) is -0.506. The van der Waals surface area contributed by atoms with Crippen LogP contribution >= 0.6 is 0 Å². The van der Waals surface area contributed by atoms with Crippen molar-refractivity contribution in [2.24, 2.45) is 10.9 Å². The van der Waals surface area contributed by atoms with Gasteiger partial charge < -0.3 is 21.6 Å². The normalized spacial score (nSPS) is 11.3.